The average molecular weight is 388 g/mol. The molecule has 7 heteroatoms. The van der Waals surface area contributed by atoms with Gasteiger partial charge in [-0.25, -0.2) is 4.98 Å². The van der Waals surface area contributed by atoms with Gasteiger partial charge in [0.2, 0.25) is 0 Å². The molecule has 0 aliphatic carbocycles. The minimum absolute atomic E-state index is 0.195. The van der Waals surface area contributed by atoms with E-state index in [-0.39, 0.29) is 5.82 Å². The van der Waals surface area contributed by atoms with Gasteiger partial charge in [-0.05, 0) is 34.9 Å². The lowest BCUT2D eigenvalue weighted by Crippen LogP contribution is -2.07. The molecule has 3 aromatic rings. The molecule has 8 N–H and O–H groups in total. The molecule has 0 fully saturated rings. The molecule has 0 bridgehead atoms. The van der Waals surface area contributed by atoms with E-state index in [2.05, 4.69) is 10.3 Å². The predicted octanol–water partition coefficient (Wildman–Crippen LogP) is 3.60. The molecule has 1 aromatic heterocycles. The van der Waals surface area contributed by atoms with Gasteiger partial charge in [0.05, 0.1) is 5.69 Å². The summed E-state index contributed by atoms with van der Waals surface area (Å²) in [7, 11) is 0. The topological polar surface area (TPSA) is 136 Å². The van der Waals surface area contributed by atoms with Crippen LogP contribution in [0.4, 0.5) is 23.0 Å². The molecule has 0 atom stereocenters. The third kappa shape index (κ3) is 5.49. The highest BCUT2D eigenvalue weighted by atomic mass is 16.5. The van der Waals surface area contributed by atoms with Crippen LogP contribution in [-0.4, -0.2) is 11.2 Å². The first-order valence-electron chi connectivity index (χ1n) is 9.08. The van der Waals surface area contributed by atoms with Crippen LogP contribution in [0.5, 0.6) is 5.75 Å². The molecule has 2 aromatic carbocycles. The Morgan fingerprint density at radius 1 is 1.03 bits per heavy atom. The number of nitrogens with zero attached hydrogens (tertiary/aromatic N) is 1. The van der Waals surface area contributed by atoms with E-state index in [4.69, 9.17) is 27.3 Å². The van der Waals surface area contributed by atoms with Crippen molar-refractivity contribution in [3.05, 3.63) is 83.6 Å². The number of nitrogens with one attached hydrogen (secondary N) is 2. The summed E-state index contributed by atoms with van der Waals surface area (Å²) >= 11 is 0. The van der Waals surface area contributed by atoms with Crippen molar-refractivity contribution in [1.29, 1.82) is 5.41 Å². The Morgan fingerprint density at radius 2 is 1.83 bits per heavy atom. The summed E-state index contributed by atoms with van der Waals surface area (Å²) in [6.07, 6.45) is 3.41. The third-order valence-corrected chi connectivity index (χ3v) is 4.28. The normalized spacial score (nSPS) is 11.1. The Balaban J connectivity index is 1.67. The SMILES string of the molecule is N=C/C(=C\Nc1cccc(OCc2ccccc2)c1)Cc1cc(N)nc(N)c1N. The molecule has 0 aliphatic rings. The molecule has 29 heavy (non-hydrogen) atoms. The van der Waals surface area contributed by atoms with Gasteiger partial charge in [-0.15, -0.1) is 0 Å². The van der Waals surface area contributed by atoms with Crippen LogP contribution < -0.4 is 27.3 Å². The number of benzene rings is 2. The monoisotopic (exact) mass is 388 g/mol. The smallest absolute Gasteiger partial charge is 0.149 e. The molecule has 0 saturated carbocycles. The molecule has 0 spiro atoms. The number of allylic oxidation sites excluding steroid dienone is 1. The fraction of sp³-hybridized carbons (Fsp3) is 0.0909. The van der Waals surface area contributed by atoms with E-state index in [1.54, 1.807) is 12.3 Å². The van der Waals surface area contributed by atoms with Crippen LogP contribution in [0.15, 0.2) is 72.4 Å². The Bertz CT molecular complexity index is 1020. The van der Waals surface area contributed by atoms with Crippen molar-refractivity contribution in [3.8, 4) is 5.75 Å². The van der Waals surface area contributed by atoms with E-state index < -0.39 is 0 Å². The predicted molar refractivity (Wildman–Crippen MR) is 119 cm³/mol. The van der Waals surface area contributed by atoms with E-state index in [0.29, 0.717) is 30.1 Å². The van der Waals surface area contributed by atoms with Crippen LogP contribution in [-0.2, 0) is 13.0 Å². The Labute approximate surface area is 169 Å². The van der Waals surface area contributed by atoms with Gasteiger partial charge < -0.3 is 32.7 Å². The zero-order valence-electron chi connectivity index (χ0n) is 15.9. The summed E-state index contributed by atoms with van der Waals surface area (Å²) in [5.41, 5.74) is 21.3. The van der Waals surface area contributed by atoms with Gasteiger partial charge in [-0.2, -0.15) is 0 Å². The van der Waals surface area contributed by atoms with Crippen LogP contribution >= 0.6 is 0 Å². The van der Waals surface area contributed by atoms with E-state index in [1.165, 1.54) is 6.21 Å². The van der Waals surface area contributed by atoms with Crippen molar-refractivity contribution >= 4 is 29.2 Å². The maximum atomic E-state index is 7.68. The third-order valence-electron chi connectivity index (χ3n) is 4.28. The molecule has 0 amide bonds. The molecular weight excluding hydrogens is 364 g/mol. The summed E-state index contributed by atoms with van der Waals surface area (Å²) in [5, 5.41) is 10.9. The molecular formula is C22H24N6O. The number of rotatable bonds is 8. The number of pyridine rings is 1. The van der Waals surface area contributed by atoms with E-state index in [0.717, 1.165) is 22.6 Å². The van der Waals surface area contributed by atoms with Gasteiger partial charge in [0.25, 0.3) is 0 Å². The number of nitrogen functional groups attached to an aromatic ring is 3. The number of nitrogens with two attached hydrogens (primary N) is 3. The van der Waals surface area contributed by atoms with Crippen molar-refractivity contribution in [1.82, 2.24) is 4.98 Å². The molecule has 0 unspecified atom stereocenters. The lowest BCUT2D eigenvalue weighted by atomic mass is 10.1. The van der Waals surface area contributed by atoms with Crippen molar-refractivity contribution < 1.29 is 4.74 Å². The number of anilines is 4. The average Bonchev–Trinajstić information content (AvgIpc) is 2.74. The number of hydrogen-bond donors (Lipinski definition) is 5. The first-order chi connectivity index (χ1) is 14.0. The molecule has 148 valence electrons. The van der Waals surface area contributed by atoms with Crippen LogP contribution in [0, 0.1) is 5.41 Å². The summed E-state index contributed by atoms with van der Waals surface area (Å²) in [6.45, 7) is 0.496. The quantitative estimate of drug-likeness (QED) is 0.374. The van der Waals surface area contributed by atoms with Gasteiger partial charge in [0, 0.05) is 30.6 Å². The van der Waals surface area contributed by atoms with E-state index >= 15 is 0 Å². The second kappa shape index (κ2) is 9.27. The zero-order valence-corrected chi connectivity index (χ0v) is 15.9. The minimum atomic E-state index is 0.195. The molecule has 1 heterocycles. The summed E-state index contributed by atoms with van der Waals surface area (Å²) in [5.74, 6) is 1.25. The van der Waals surface area contributed by atoms with E-state index in [1.807, 2.05) is 54.6 Å². The lowest BCUT2D eigenvalue weighted by molar-refractivity contribution is 0.306. The number of hydrogen-bond acceptors (Lipinski definition) is 7. The van der Waals surface area contributed by atoms with E-state index in [9.17, 15) is 0 Å². The summed E-state index contributed by atoms with van der Waals surface area (Å²) in [4.78, 5) is 3.93. The minimum Gasteiger partial charge on any atom is -0.489 e. The van der Waals surface area contributed by atoms with Crippen molar-refractivity contribution in [2.75, 3.05) is 22.5 Å². The van der Waals surface area contributed by atoms with Gasteiger partial charge in [-0.3, -0.25) is 0 Å². The zero-order chi connectivity index (χ0) is 20.6. The largest absolute Gasteiger partial charge is 0.489 e. The lowest BCUT2D eigenvalue weighted by Gasteiger charge is -2.11. The molecule has 0 radical (unpaired) electrons. The molecule has 0 saturated heterocycles. The fourth-order valence-electron chi connectivity index (χ4n) is 2.75. The summed E-state index contributed by atoms with van der Waals surface area (Å²) in [6, 6.07) is 19.3. The highest BCUT2D eigenvalue weighted by molar-refractivity contribution is 5.79. The Morgan fingerprint density at radius 3 is 2.59 bits per heavy atom. The van der Waals surface area contributed by atoms with Crippen molar-refractivity contribution in [2.24, 2.45) is 0 Å². The highest BCUT2D eigenvalue weighted by Crippen LogP contribution is 2.23. The second-order valence-corrected chi connectivity index (χ2v) is 6.49. The van der Waals surface area contributed by atoms with Gasteiger partial charge in [0.15, 0.2) is 0 Å². The second-order valence-electron chi connectivity index (χ2n) is 6.49. The highest BCUT2D eigenvalue weighted by Gasteiger charge is 2.08. The standard InChI is InChI=1S/C22H24N6O/c23-12-16(9-17-10-20(24)28-22(26)21(17)25)13-27-18-7-4-8-19(11-18)29-14-15-5-2-1-3-6-15/h1-8,10-13,23,27H,9,14,25H2,(H4,24,26,28)/b16-13-,23-12?. The maximum Gasteiger partial charge on any atom is 0.149 e. The van der Waals surface area contributed by atoms with Crippen LogP contribution in [0.25, 0.3) is 0 Å². The van der Waals surface area contributed by atoms with Crippen molar-refractivity contribution in [2.45, 2.75) is 13.0 Å². The molecule has 0 aliphatic heterocycles. The Hall–Kier alpha value is -4.00. The molecule has 7 nitrogen and oxygen atoms in total. The first kappa shape index (κ1) is 19.8. The number of aromatic nitrogens is 1. The van der Waals surface area contributed by atoms with Crippen LogP contribution in [0.3, 0.4) is 0 Å². The number of ether oxygens (including phenoxy) is 1. The maximum absolute atomic E-state index is 7.68. The van der Waals surface area contributed by atoms with Gasteiger partial charge in [0.1, 0.15) is 24.0 Å². The molecule has 3 rings (SSSR count). The van der Waals surface area contributed by atoms with Crippen molar-refractivity contribution in [3.63, 3.8) is 0 Å². The van der Waals surface area contributed by atoms with Gasteiger partial charge >= 0.3 is 0 Å². The fourth-order valence-corrected chi connectivity index (χ4v) is 2.75. The first-order valence-corrected chi connectivity index (χ1v) is 9.08. The van der Waals surface area contributed by atoms with Gasteiger partial charge in [-0.1, -0.05) is 36.4 Å². The summed E-state index contributed by atoms with van der Waals surface area (Å²) < 4.78 is 5.85. The Kier molecular flexibility index (Phi) is 6.32. The van der Waals surface area contributed by atoms with Crippen LogP contribution in [0.1, 0.15) is 11.1 Å². The van der Waals surface area contributed by atoms with Crippen LogP contribution in [0.2, 0.25) is 0 Å².